The second-order valence-electron chi connectivity index (χ2n) is 19.1. The van der Waals surface area contributed by atoms with E-state index >= 15 is 4.39 Å². The maximum absolute atomic E-state index is 15.2. The van der Waals surface area contributed by atoms with Crippen molar-refractivity contribution in [2.45, 2.75) is 170 Å². The van der Waals surface area contributed by atoms with Gasteiger partial charge < -0.3 is 28.4 Å². The lowest BCUT2D eigenvalue weighted by Gasteiger charge is -2.26. The number of hydrogen-bond acceptors (Lipinski definition) is 7. The Hall–Kier alpha value is -3.96. The molecule has 0 saturated carbocycles. The van der Waals surface area contributed by atoms with Crippen LogP contribution in [-0.4, -0.2) is 69.3 Å². The number of fused-ring (bicyclic) bond motifs is 2. The fourth-order valence-electron chi connectivity index (χ4n) is 8.61. The van der Waals surface area contributed by atoms with Crippen molar-refractivity contribution in [3.8, 4) is 28.4 Å². The number of methoxy groups -OCH3 is 1. The van der Waals surface area contributed by atoms with Gasteiger partial charge in [-0.3, -0.25) is 0 Å². The lowest BCUT2D eigenvalue weighted by Crippen LogP contribution is -2.38. The Bertz CT molecular complexity index is 2020. The summed E-state index contributed by atoms with van der Waals surface area (Å²) in [5.41, 5.74) is 6.31. The maximum atomic E-state index is 15.2. The fourth-order valence-corrected chi connectivity index (χ4v) is 8.61. The van der Waals surface area contributed by atoms with Gasteiger partial charge in [-0.2, -0.15) is 5.10 Å². The number of amides is 1. The molecule has 6 rings (SSSR count). The Morgan fingerprint density at radius 3 is 2.30 bits per heavy atom. The molecule has 11 heteroatoms. The molecule has 1 atom stereocenters. The van der Waals surface area contributed by atoms with Crippen molar-refractivity contribution < 1.29 is 28.1 Å². The fraction of sp³-hybridized carbons (Fsp3) is 0.653. The Labute approximate surface area is 358 Å². The van der Waals surface area contributed by atoms with Gasteiger partial charge in [-0.15, -0.1) is 0 Å². The molecular weight excluding hydrogens is 758 g/mol. The van der Waals surface area contributed by atoms with E-state index in [9.17, 15) is 4.79 Å². The third-order valence-corrected chi connectivity index (χ3v) is 11.9. The van der Waals surface area contributed by atoms with Gasteiger partial charge in [-0.05, 0) is 106 Å². The van der Waals surface area contributed by atoms with Gasteiger partial charge in [0.15, 0.2) is 23.6 Å². The molecule has 10 nitrogen and oxygen atoms in total. The van der Waals surface area contributed by atoms with Gasteiger partial charge in [0.1, 0.15) is 18.0 Å². The van der Waals surface area contributed by atoms with Crippen LogP contribution in [0.1, 0.15) is 155 Å². The van der Waals surface area contributed by atoms with Gasteiger partial charge in [0.05, 0.1) is 18.3 Å². The van der Waals surface area contributed by atoms with Crippen LogP contribution in [-0.2, 0) is 40.2 Å². The number of aromatic nitrogens is 4. The highest BCUT2D eigenvalue weighted by Crippen LogP contribution is 2.38. The van der Waals surface area contributed by atoms with Crippen LogP contribution >= 0.6 is 0 Å². The molecule has 2 aromatic carbocycles. The number of benzene rings is 2. The van der Waals surface area contributed by atoms with Crippen molar-refractivity contribution in [3.63, 3.8) is 0 Å². The van der Waals surface area contributed by atoms with Crippen LogP contribution in [0.4, 0.5) is 9.18 Å². The molecule has 1 unspecified atom stereocenters. The summed E-state index contributed by atoms with van der Waals surface area (Å²) in [6.07, 6.45) is 17.0. The monoisotopic (exact) mass is 830 g/mol. The van der Waals surface area contributed by atoms with E-state index in [1.807, 2.05) is 25.5 Å². The highest BCUT2D eigenvalue weighted by atomic mass is 19.1. The van der Waals surface area contributed by atoms with Crippen molar-refractivity contribution in [1.82, 2.24) is 24.2 Å². The molecule has 0 radical (unpaired) electrons. The molecule has 4 heterocycles. The van der Waals surface area contributed by atoms with Crippen LogP contribution in [0, 0.1) is 11.2 Å². The number of imidazole rings is 1. The van der Waals surface area contributed by atoms with Gasteiger partial charge in [-0.25, -0.2) is 18.9 Å². The van der Waals surface area contributed by atoms with E-state index in [0.717, 1.165) is 89.0 Å². The summed E-state index contributed by atoms with van der Waals surface area (Å²) in [5.74, 6) is 0.613. The molecule has 60 heavy (non-hydrogen) atoms. The molecule has 1 amide bonds. The van der Waals surface area contributed by atoms with Crippen molar-refractivity contribution >= 4 is 17.0 Å². The summed E-state index contributed by atoms with van der Waals surface area (Å²) >= 11 is 0. The van der Waals surface area contributed by atoms with Crippen LogP contribution in [0.15, 0.2) is 30.3 Å². The Kier molecular flexibility index (Phi) is 15.7. The minimum absolute atomic E-state index is 0.225. The highest BCUT2D eigenvalue weighted by molar-refractivity contribution is 5.95. The predicted octanol–water partition coefficient (Wildman–Crippen LogP) is 12.2. The number of ether oxygens (including phenoxy) is 4. The number of nitrogens with zero attached hydrogens (tertiary/aromatic N) is 5. The molecule has 2 aliphatic rings. The van der Waals surface area contributed by atoms with Gasteiger partial charge >= 0.3 is 6.09 Å². The summed E-state index contributed by atoms with van der Waals surface area (Å²) in [6, 6.07) is 9.64. The van der Waals surface area contributed by atoms with Gasteiger partial charge in [0.25, 0.3) is 0 Å². The summed E-state index contributed by atoms with van der Waals surface area (Å²) < 4.78 is 43.3. The molecule has 330 valence electrons. The van der Waals surface area contributed by atoms with E-state index in [-0.39, 0.29) is 23.9 Å². The molecule has 0 N–H and O–H groups in total. The molecule has 2 aliphatic heterocycles. The second-order valence-corrected chi connectivity index (χ2v) is 19.1. The smallest absolute Gasteiger partial charge is 0.410 e. The highest BCUT2D eigenvalue weighted by Gasteiger charge is 2.30. The SMILES string of the molecule is CCc1cc(OC)c(F)cc1-c1ccc2c(-c3nc4c(n3COCCCCCCCCCCCC(C)(C)C)CCN(C(=O)OC(C)(C)C)CC4)nn(C3CCCCO3)c2c1. The standard InChI is InChI=1S/C49H72FN5O5/c1-9-35-32-43(57-8)39(50)33-38(35)36-22-23-37-42(31-36)55(44-21-17-20-30-59-44)52-45(37)46-51-40-24-27-53(47(56)60-49(5,6)7)28-25-41(40)54(46)34-58-29-19-16-14-12-10-11-13-15-18-26-48(2,3)4/h22-23,31-33,44H,9-21,24-30,34H2,1-8H3. The molecule has 0 spiro atoms. The van der Waals surface area contributed by atoms with Gasteiger partial charge in [0.2, 0.25) is 0 Å². The molecule has 1 fully saturated rings. The molecule has 0 bridgehead atoms. The van der Waals surface area contributed by atoms with Crippen molar-refractivity contribution in [1.29, 1.82) is 0 Å². The summed E-state index contributed by atoms with van der Waals surface area (Å²) in [7, 11) is 1.50. The van der Waals surface area contributed by atoms with Crippen molar-refractivity contribution in [2.24, 2.45) is 5.41 Å². The number of halogens is 1. The van der Waals surface area contributed by atoms with Gasteiger partial charge in [-0.1, -0.05) is 85.1 Å². The molecule has 1 saturated heterocycles. The number of hydrogen-bond donors (Lipinski definition) is 0. The molecule has 2 aromatic heterocycles. The summed E-state index contributed by atoms with van der Waals surface area (Å²) in [5, 5.41) is 6.26. The minimum Gasteiger partial charge on any atom is -0.494 e. The average Bonchev–Trinajstić information content (AvgIpc) is 3.67. The van der Waals surface area contributed by atoms with E-state index in [1.165, 1.54) is 58.5 Å². The van der Waals surface area contributed by atoms with Crippen LogP contribution in [0.3, 0.4) is 0 Å². The third-order valence-electron chi connectivity index (χ3n) is 11.9. The molecule has 0 aliphatic carbocycles. The Morgan fingerprint density at radius 1 is 0.917 bits per heavy atom. The largest absolute Gasteiger partial charge is 0.494 e. The topological polar surface area (TPSA) is 92.9 Å². The first-order valence-electron chi connectivity index (χ1n) is 22.9. The van der Waals surface area contributed by atoms with Crippen LogP contribution < -0.4 is 4.74 Å². The molecule has 4 aromatic rings. The van der Waals surface area contributed by atoms with Gasteiger partial charge in [0, 0.05) is 50.2 Å². The number of unbranched alkanes of at least 4 members (excludes halogenated alkanes) is 8. The van der Waals surface area contributed by atoms with Crippen molar-refractivity contribution in [2.75, 3.05) is 33.4 Å². The lowest BCUT2D eigenvalue weighted by atomic mass is 9.89. The maximum Gasteiger partial charge on any atom is 0.410 e. The third kappa shape index (κ3) is 11.9. The predicted molar refractivity (Wildman–Crippen MR) is 238 cm³/mol. The van der Waals surface area contributed by atoms with E-state index < -0.39 is 5.60 Å². The number of carbonyl (C=O) groups excluding carboxylic acids is 1. The van der Waals surface area contributed by atoms with Crippen LogP contribution in [0.25, 0.3) is 33.5 Å². The van der Waals surface area contributed by atoms with Crippen molar-refractivity contribution in [3.05, 3.63) is 53.1 Å². The van der Waals surface area contributed by atoms with E-state index in [0.29, 0.717) is 51.3 Å². The zero-order valence-corrected chi connectivity index (χ0v) is 38.0. The molecular formula is C49H72FN5O5. The van der Waals surface area contributed by atoms with E-state index in [1.54, 1.807) is 17.0 Å². The zero-order valence-electron chi connectivity index (χ0n) is 38.0. The average molecular weight is 830 g/mol. The Morgan fingerprint density at radius 2 is 1.63 bits per heavy atom. The lowest BCUT2D eigenvalue weighted by molar-refractivity contribution is -0.0365. The first-order chi connectivity index (χ1) is 28.8. The van der Waals surface area contributed by atoms with E-state index in [4.69, 9.17) is 29.0 Å². The minimum atomic E-state index is -0.571. The second kappa shape index (κ2) is 20.7. The van der Waals surface area contributed by atoms with Crippen LogP contribution in [0.5, 0.6) is 5.75 Å². The number of aryl methyl sites for hydroxylation is 1. The normalized spacial score (nSPS) is 16.3. The quantitative estimate of drug-likeness (QED) is 0.0922. The number of carbonyl (C=O) groups is 1. The zero-order chi connectivity index (χ0) is 42.9. The number of rotatable bonds is 18. The first kappa shape index (κ1) is 45.6. The van der Waals surface area contributed by atoms with Crippen LogP contribution in [0.2, 0.25) is 0 Å². The van der Waals surface area contributed by atoms with E-state index in [2.05, 4.69) is 50.5 Å². The summed E-state index contributed by atoms with van der Waals surface area (Å²) in [4.78, 5) is 20.3. The Balaban J connectivity index is 1.24. The first-order valence-corrected chi connectivity index (χ1v) is 22.9. The summed E-state index contributed by atoms with van der Waals surface area (Å²) in [6.45, 7) is 17.5.